The Morgan fingerprint density at radius 2 is 2.21 bits per heavy atom. The van der Waals surface area contributed by atoms with Gasteiger partial charge in [-0.3, -0.25) is 4.79 Å². The van der Waals surface area contributed by atoms with Crippen LogP contribution in [0, 0.1) is 5.82 Å². The van der Waals surface area contributed by atoms with Crippen LogP contribution in [0.1, 0.15) is 19.6 Å². The van der Waals surface area contributed by atoms with Crippen molar-refractivity contribution in [2.24, 2.45) is 0 Å². The highest BCUT2D eigenvalue weighted by molar-refractivity contribution is 7.99. The highest BCUT2D eigenvalue weighted by Gasteiger charge is 2.18. The second kappa shape index (κ2) is 6.10. The molecule has 0 amide bonds. The molecule has 0 atom stereocenters. The molecule has 0 bridgehead atoms. The minimum absolute atomic E-state index is 0.0759. The molecule has 1 heterocycles. The van der Waals surface area contributed by atoms with Gasteiger partial charge in [0.25, 0.3) is 0 Å². The summed E-state index contributed by atoms with van der Waals surface area (Å²) in [7, 11) is 0. The maximum atomic E-state index is 13.3. The largest absolute Gasteiger partial charge is 0.466 e. The van der Waals surface area contributed by atoms with Crippen molar-refractivity contribution in [2.45, 2.75) is 25.2 Å². The lowest BCUT2D eigenvalue weighted by Gasteiger charge is -2.01. The summed E-state index contributed by atoms with van der Waals surface area (Å²) in [6.45, 7) is 4.09. The van der Waals surface area contributed by atoms with Crippen LogP contribution < -0.4 is 0 Å². The molecule has 0 N–H and O–H groups in total. The van der Waals surface area contributed by atoms with Crippen molar-refractivity contribution in [1.29, 1.82) is 0 Å². The Hall–Kier alpha value is -1.49. The highest BCUT2D eigenvalue weighted by Crippen LogP contribution is 2.35. The molecule has 3 nitrogen and oxygen atoms in total. The van der Waals surface area contributed by atoms with E-state index < -0.39 is 0 Å². The van der Waals surface area contributed by atoms with Gasteiger partial charge in [0.15, 0.2) is 0 Å². The molecule has 19 heavy (non-hydrogen) atoms. The number of esters is 1. The van der Waals surface area contributed by atoms with Crippen molar-refractivity contribution in [3.63, 3.8) is 0 Å². The first kappa shape index (κ1) is 13.9. The van der Waals surface area contributed by atoms with E-state index in [2.05, 4.69) is 0 Å². The van der Waals surface area contributed by atoms with Gasteiger partial charge in [-0.1, -0.05) is 6.92 Å². The Labute approximate surface area is 115 Å². The van der Waals surface area contributed by atoms with Gasteiger partial charge in [0.1, 0.15) is 23.6 Å². The molecule has 1 aromatic heterocycles. The fourth-order valence-electron chi connectivity index (χ4n) is 1.86. The zero-order valence-electron chi connectivity index (χ0n) is 10.9. The van der Waals surface area contributed by atoms with Crippen molar-refractivity contribution < 1.29 is 18.3 Å². The van der Waals surface area contributed by atoms with Gasteiger partial charge in [0.05, 0.1) is 11.5 Å². The Kier molecular flexibility index (Phi) is 4.47. The molecule has 0 fully saturated rings. The number of halogens is 1. The van der Waals surface area contributed by atoms with Crippen LogP contribution in [0.4, 0.5) is 4.39 Å². The van der Waals surface area contributed by atoms with Crippen LogP contribution in [0.2, 0.25) is 0 Å². The summed E-state index contributed by atoms with van der Waals surface area (Å²) in [6, 6.07) is 4.37. The minimum Gasteiger partial charge on any atom is -0.466 e. The summed E-state index contributed by atoms with van der Waals surface area (Å²) in [5, 5.41) is 0.714. The van der Waals surface area contributed by atoms with E-state index in [1.165, 1.54) is 23.9 Å². The van der Waals surface area contributed by atoms with Crippen LogP contribution in [-0.4, -0.2) is 18.3 Å². The molecular weight excluding hydrogens is 267 g/mol. The molecule has 0 aliphatic rings. The summed E-state index contributed by atoms with van der Waals surface area (Å²) in [5.74, 6) is 0.723. The van der Waals surface area contributed by atoms with E-state index in [4.69, 9.17) is 9.15 Å². The van der Waals surface area contributed by atoms with Gasteiger partial charge >= 0.3 is 5.97 Å². The van der Waals surface area contributed by atoms with Crippen LogP contribution in [-0.2, 0) is 16.0 Å². The van der Waals surface area contributed by atoms with Gasteiger partial charge in [-0.05, 0) is 30.9 Å². The molecule has 0 radical (unpaired) electrons. The molecule has 2 rings (SSSR count). The number of ether oxygens (including phenoxy) is 1. The van der Waals surface area contributed by atoms with E-state index in [1.807, 2.05) is 6.92 Å². The maximum Gasteiger partial charge on any atom is 0.313 e. The van der Waals surface area contributed by atoms with Gasteiger partial charge in [0.2, 0.25) is 0 Å². The second-order valence-corrected chi connectivity index (χ2v) is 5.18. The average molecular weight is 282 g/mol. The van der Waals surface area contributed by atoms with Gasteiger partial charge in [-0.2, -0.15) is 0 Å². The predicted molar refractivity (Wildman–Crippen MR) is 72.9 cm³/mol. The first-order chi connectivity index (χ1) is 9.15. The molecule has 0 unspecified atom stereocenters. The van der Waals surface area contributed by atoms with Gasteiger partial charge in [0, 0.05) is 5.39 Å². The minimum atomic E-state index is -0.333. The summed E-state index contributed by atoms with van der Waals surface area (Å²) in [6.07, 6.45) is 0.0759. The summed E-state index contributed by atoms with van der Waals surface area (Å²) in [4.78, 5) is 12.4. The van der Waals surface area contributed by atoms with E-state index in [-0.39, 0.29) is 18.2 Å². The molecule has 0 saturated carbocycles. The summed E-state index contributed by atoms with van der Waals surface area (Å²) < 4.78 is 23.9. The van der Waals surface area contributed by atoms with Crippen molar-refractivity contribution in [3.8, 4) is 0 Å². The summed E-state index contributed by atoms with van der Waals surface area (Å²) >= 11 is 1.54. The highest BCUT2D eigenvalue weighted by atomic mass is 32.2. The van der Waals surface area contributed by atoms with Gasteiger partial charge in [-0.15, -0.1) is 11.8 Å². The number of hydrogen-bond donors (Lipinski definition) is 0. The van der Waals surface area contributed by atoms with E-state index in [0.717, 1.165) is 10.6 Å². The quantitative estimate of drug-likeness (QED) is 0.618. The first-order valence-corrected chi connectivity index (χ1v) is 7.13. The van der Waals surface area contributed by atoms with E-state index in [9.17, 15) is 9.18 Å². The van der Waals surface area contributed by atoms with Crippen molar-refractivity contribution in [1.82, 2.24) is 0 Å². The lowest BCUT2D eigenvalue weighted by molar-refractivity contribution is -0.142. The van der Waals surface area contributed by atoms with Gasteiger partial charge < -0.3 is 9.15 Å². The zero-order valence-corrected chi connectivity index (χ0v) is 11.7. The maximum absolute atomic E-state index is 13.3. The lowest BCUT2D eigenvalue weighted by atomic mass is 10.2. The third-order valence-corrected chi connectivity index (χ3v) is 3.60. The smallest absolute Gasteiger partial charge is 0.313 e. The van der Waals surface area contributed by atoms with Gasteiger partial charge in [-0.25, -0.2) is 4.39 Å². The molecule has 0 spiro atoms. The third-order valence-electron chi connectivity index (χ3n) is 2.57. The monoisotopic (exact) mass is 282 g/mol. The average Bonchev–Trinajstić information content (AvgIpc) is 2.68. The number of benzene rings is 1. The Morgan fingerprint density at radius 3 is 2.89 bits per heavy atom. The molecule has 5 heteroatoms. The standard InChI is InChI=1S/C14H15FO3S/c1-3-17-13(16)8-12-14(19-4-2)10-7-9(15)5-6-11(10)18-12/h5-7H,3-4,8H2,1-2H3. The molecular formula is C14H15FO3S. The molecule has 1 aromatic carbocycles. The van der Waals surface area contributed by atoms with Crippen LogP contribution in [0.5, 0.6) is 0 Å². The number of furan rings is 1. The lowest BCUT2D eigenvalue weighted by Crippen LogP contribution is -2.07. The first-order valence-electron chi connectivity index (χ1n) is 6.15. The topological polar surface area (TPSA) is 39.4 Å². The van der Waals surface area contributed by atoms with E-state index >= 15 is 0 Å². The molecule has 0 saturated heterocycles. The van der Waals surface area contributed by atoms with Crippen LogP contribution in [0.15, 0.2) is 27.5 Å². The molecule has 2 aromatic rings. The zero-order chi connectivity index (χ0) is 13.8. The number of carbonyl (C=O) groups excluding carboxylic acids is 1. The fourth-order valence-corrected chi connectivity index (χ4v) is 2.74. The second-order valence-electron chi connectivity index (χ2n) is 3.91. The van der Waals surface area contributed by atoms with Crippen molar-refractivity contribution in [3.05, 3.63) is 29.8 Å². The fraction of sp³-hybridized carbons (Fsp3) is 0.357. The number of hydrogen-bond acceptors (Lipinski definition) is 4. The number of thioether (sulfide) groups is 1. The Balaban J connectivity index is 2.41. The van der Waals surface area contributed by atoms with E-state index in [1.54, 1.807) is 13.0 Å². The molecule has 0 aliphatic heterocycles. The Bertz CT molecular complexity index is 592. The molecule has 102 valence electrons. The molecule has 0 aliphatic carbocycles. The van der Waals surface area contributed by atoms with Crippen LogP contribution in [0.3, 0.4) is 0 Å². The number of fused-ring (bicyclic) bond motifs is 1. The van der Waals surface area contributed by atoms with Crippen LogP contribution in [0.25, 0.3) is 11.0 Å². The van der Waals surface area contributed by atoms with Crippen molar-refractivity contribution in [2.75, 3.05) is 12.4 Å². The number of carbonyl (C=O) groups is 1. The van der Waals surface area contributed by atoms with Crippen LogP contribution >= 0.6 is 11.8 Å². The summed E-state index contributed by atoms with van der Waals surface area (Å²) in [5.41, 5.74) is 0.594. The number of rotatable bonds is 5. The normalized spacial score (nSPS) is 10.9. The third kappa shape index (κ3) is 3.10. The van der Waals surface area contributed by atoms with E-state index in [0.29, 0.717) is 23.3 Å². The predicted octanol–water partition coefficient (Wildman–Crippen LogP) is 3.79. The van der Waals surface area contributed by atoms with Crippen molar-refractivity contribution >= 4 is 28.7 Å². The SMILES string of the molecule is CCOC(=O)Cc1oc2ccc(F)cc2c1SCC. The Morgan fingerprint density at radius 1 is 1.42 bits per heavy atom.